The normalized spacial score (nSPS) is 25.3. The highest BCUT2D eigenvalue weighted by molar-refractivity contribution is 5.22. The molecule has 1 aliphatic rings. The zero-order chi connectivity index (χ0) is 13.1. The Kier molecular flexibility index (Phi) is 4.30. The van der Waals surface area contributed by atoms with Gasteiger partial charge in [0.1, 0.15) is 0 Å². The van der Waals surface area contributed by atoms with Crippen molar-refractivity contribution < 1.29 is 8.78 Å². The SMILES string of the molecule is CCC1CCC(C(NN)c2ccc(F)c(F)c2)C1. The third-order valence-electron chi connectivity index (χ3n) is 4.11. The predicted molar refractivity (Wildman–Crippen MR) is 67.5 cm³/mol. The average molecular weight is 254 g/mol. The molecule has 0 saturated heterocycles. The average Bonchev–Trinajstić information content (AvgIpc) is 2.83. The van der Waals surface area contributed by atoms with Crippen molar-refractivity contribution in [1.29, 1.82) is 0 Å². The highest BCUT2D eigenvalue weighted by atomic mass is 19.2. The second-order valence-electron chi connectivity index (χ2n) is 5.17. The Morgan fingerprint density at radius 2 is 2.11 bits per heavy atom. The van der Waals surface area contributed by atoms with Crippen molar-refractivity contribution >= 4 is 0 Å². The summed E-state index contributed by atoms with van der Waals surface area (Å²) in [6.07, 6.45) is 4.56. The van der Waals surface area contributed by atoms with Gasteiger partial charge in [0.15, 0.2) is 11.6 Å². The van der Waals surface area contributed by atoms with Crippen LogP contribution in [0.3, 0.4) is 0 Å². The molecule has 2 rings (SSSR count). The monoisotopic (exact) mass is 254 g/mol. The zero-order valence-corrected chi connectivity index (χ0v) is 10.6. The van der Waals surface area contributed by atoms with Crippen molar-refractivity contribution in [2.75, 3.05) is 0 Å². The van der Waals surface area contributed by atoms with Crippen LogP contribution in [-0.2, 0) is 0 Å². The van der Waals surface area contributed by atoms with Gasteiger partial charge in [-0.25, -0.2) is 8.78 Å². The van der Waals surface area contributed by atoms with Crippen LogP contribution in [0.2, 0.25) is 0 Å². The summed E-state index contributed by atoms with van der Waals surface area (Å²) in [6.45, 7) is 2.19. The van der Waals surface area contributed by atoms with Gasteiger partial charge in [0.05, 0.1) is 0 Å². The Bertz CT molecular complexity index is 409. The van der Waals surface area contributed by atoms with Crippen LogP contribution in [0.25, 0.3) is 0 Å². The van der Waals surface area contributed by atoms with Crippen molar-refractivity contribution in [2.45, 2.75) is 38.6 Å². The Labute approximate surface area is 107 Å². The van der Waals surface area contributed by atoms with Gasteiger partial charge in [0.2, 0.25) is 0 Å². The molecule has 0 aromatic heterocycles. The molecule has 1 fully saturated rings. The maximum Gasteiger partial charge on any atom is 0.159 e. The molecule has 1 aromatic carbocycles. The van der Waals surface area contributed by atoms with Crippen LogP contribution in [-0.4, -0.2) is 0 Å². The van der Waals surface area contributed by atoms with Gasteiger partial charge >= 0.3 is 0 Å². The summed E-state index contributed by atoms with van der Waals surface area (Å²) in [5.74, 6) is 5.11. The summed E-state index contributed by atoms with van der Waals surface area (Å²) >= 11 is 0. The smallest absolute Gasteiger partial charge is 0.159 e. The minimum atomic E-state index is -0.813. The summed E-state index contributed by atoms with van der Waals surface area (Å²) in [6, 6.07) is 3.94. The van der Waals surface area contributed by atoms with E-state index in [2.05, 4.69) is 12.3 Å². The highest BCUT2D eigenvalue weighted by Crippen LogP contribution is 2.40. The van der Waals surface area contributed by atoms with Crippen LogP contribution in [0.1, 0.15) is 44.2 Å². The molecule has 1 aromatic rings. The van der Waals surface area contributed by atoms with Gasteiger partial charge in [-0.3, -0.25) is 11.3 Å². The van der Waals surface area contributed by atoms with Crippen LogP contribution < -0.4 is 11.3 Å². The molecule has 0 bridgehead atoms. The number of nitrogens with two attached hydrogens (primary N) is 1. The summed E-state index contributed by atoms with van der Waals surface area (Å²) < 4.78 is 26.2. The maximum atomic E-state index is 13.3. The van der Waals surface area contributed by atoms with Crippen molar-refractivity contribution in [3.8, 4) is 0 Å². The Morgan fingerprint density at radius 3 is 2.67 bits per heavy atom. The molecule has 1 saturated carbocycles. The fraction of sp³-hybridized carbons (Fsp3) is 0.571. The highest BCUT2D eigenvalue weighted by Gasteiger charge is 2.30. The Balaban J connectivity index is 2.15. The van der Waals surface area contributed by atoms with Crippen LogP contribution in [0.15, 0.2) is 18.2 Å². The minimum absolute atomic E-state index is 0.0864. The number of hydrazine groups is 1. The first kappa shape index (κ1) is 13.4. The number of halogens is 2. The first-order valence-electron chi connectivity index (χ1n) is 6.56. The fourth-order valence-corrected chi connectivity index (χ4v) is 3.00. The van der Waals surface area contributed by atoms with Crippen LogP contribution >= 0.6 is 0 Å². The lowest BCUT2D eigenvalue weighted by atomic mass is 9.91. The zero-order valence-electron chi connectivity index (χ0n) is 10.6. The maximum absolute atomic E-state index is 13.3. The first-order chi connectivity index (χ1) is 8.65. The molecule has 18 heavy (non-hydrogen) atoms. The van der Waals surface area contributed by atoms with Gasteiger partial charge in [-0.15, -0.1) is 0 Å². The van der Waals surface area contributed by atoms with Gasteiger partial charge in [0.25, 0.3) is 0 Å². The summed E-state index contributed by atoms with van der Waals surface area (Å²) in [5.41, 5.74) is 3.50. The van der Waals surface area contributed by atoms with E-state index in [9.17, 15) is 8.78 Å². The van der Waals surface area contributed by atoms with Crippen molar-refractivity contribution in [3.63, 3.8) is 0 Å². The number of benzene rings is 1. The molecule has 0 radical (unpaired) electrons. The molecule has 0 aliphatic heterocycles. The standard InChI is InChI=1S/C14H20F2N2/c1-2-9-3-4-10(7-9)14(18-17)11-5-6-12(15)13(16)8-11/h5-6,8-10,14,18H,2-4,7,17H2,1H3. The van der Waals surface area contributed by atoms with Crippen LogP contribution in [0.5, 0.6) is 0 Å². The molecule has 3 unspecified atom stereocenters. The van der Waals surface area contributed by atoms with Crippen LogP contribution in [0.4, 0.5) is 8.78 Å². The van der Waals surface area contributed by atoms with Gasteiger partial charge in [-0.1, -0.05) is 25.8 Å². The molecular weight excluding hydrogens is 234 g/mol. The second-order valence-corrected chi connectivity index (χ2v) is 5.17. The molecule has 3 N–H and O–H groups in total. The van der Waals surface area contributed by atoms with E-state index in [0.717, 1.165) is 24.3 Å². The van der Waals surface area contributed by atoms with E-state index < -0.39 is 11.6 Å². The molecule has 100 valence electrons. The van der Waals surface area contributed by atoms with E-state index in [1.165, 1.54) is 25.0 Å². The lowest BCUT2D eigenvalue weighted by Crippen LogP contribution is -2.33. The van der Waals surface area contributed by atoms with Gasteiger partial charge < -0.3 is 0 Å². The molecule has 0 spiro atoms. The van der Waals surface area contributed by atoms with Crippen LogP contribution in [0, 0.1) is 23.5 Å². The number of rotatable bonds is 4. The Morgan fingerprint density at radius 1 is 1.33 bits per heavy atom. The number of nitrogens with one attached hydrogen (secondary N) is 1. The van der Waals surface area contributed by atoms with E-state index in [1.807, 2.05) is 0 Å². The van der Waals surface area contributed by atoms with Gasteiger partial charge in [0, 0.05) is 6.04 Å². The summed E-state index contributed by atoms with van der Waals surface area (Å²) in [5, 5.41) is 0. The quantitative estimate of drug-likeness (QED) is 0.639. The van der Waals surface area contributed by atoms with E-state index in [0.29, 0.717) is 5.92 Å². The lowest BCUT2D eigenvalue weighted by molar-refractivity contribution is 0.356. The first-order valence-corrected chi connectivity index (χ1v) is 6.56. The molecule has 0 heterocycles. The van der Waals surface area contributed by atoms with E-state index >= 15 is 0 Å². The Hall–Kier alpha value is -1.00. The molecule has 2 nitrogen and oxygen atoms in total. The molecular formula is C14H20F2N2. The topological polar surface area (TPSA) is 38.0 Å². The second kappa shape index (κ2) is 5.76. The van der Waals surface area contributed by atoms with Gasteiger partial charge in [-0.05, 0) is 42.4 Å². The molecule has 3 atom stereocenters. The fourth-order valence-electron chi connectivity index (χ4n) is 3.00. The van der Waals surface area contributed by atoms with Crippen molar-refractivity contribution in [3.05, 3.63) is 35.4 Å². The molecule has 4 heteroatoms. The third kappa shape index (κ3) is 2.70. The van der Waals surface area contributed by atoms with E-state index in [-0.39, 0.29) is 6.04 Å². The summed E-state index contributed by atoms with van der Waals surface area (Å²) in [7, 11) is 0. The third-order valence-corrected chi connectivity index (χ3v) is 4.11. The number of hydrogen-bond donors (Lipinski definition) is 2. The molecule has 0 amide bonds. The minimum Gasteiger partial charge on any atom is -0.271 e. The van der Waals surface area contributed by atoms with Crippen molar-refractivity contribution in [1.82, 2.24) is 5.43 Å². The summed E-state index contributed by atoms with van der Waals surface area (Å²) in [4.78, 5) is 0. The number of hydrogen-bond acceptors (Lipinski definition) is 2. The van der Waals surface area contributed by atoms with Crippen molar-refractivity contribution in [2.24, 2.45) is 17.7 Å². The van der Waals surface area contributed by atoms with Gasteiger partial charge in [-0.2, -0.15) is 0 Å². The van der Waals surface area contributed by atoms with E-state index in [4.69, 9.17) is 5.84 Å². The largest absolute Gasteiger partial charge is 0.271 e. The predicted octanol–water partition coefficient (Wildman–Crippen LogP) is 3.30. The van der Waals surface area contributed by atoms with E-state index in [1.54, 1.807) is 6.07 Å². The lowest BCUT2D eigenvalue weighted by Gasteiger charge is -2.23. The molecule has 1 aliphatic carbocycles.